The summed E-state index contributed by atoms with van der Waals surface area (Å²) < 4.78 is 9.87. The number of benzene rings is 1. The highest BCUT2D eigenvalue weighted by Crippen LogP contribution is 2.24. The van der Waals surface area contributed by atoms with E-state index in [2.05, 4.69) is 4.74 Å². The van der Waals surface area contributed by atoms with Gasteiger partial charge in [0.1, 0.15) is 5.60 Å². The van der Waals surface area contributed by atoms with Crippen LogP contribution >= 0.6 is 0 Å². The highest BCUT2D eigenvalue weighted by atomic mass is 16.6. The normalized spacial score (nSPS) is 14.5. The molecule has 2 rings (SSSR count). The second-order valence-electron chi connectivity index (χ2n) is 7.03. The van der Waals surface area contributed by atoms with E-state index in [-0.39, 0.29) is 5.97 Å². The molecule has 0 saturated heterocycles. The highest BCUT2D eigenvalue weighted by Gasteiger charge is 2.16. The molecule has 0 atom stereocenters. The second kappa shape index (κ2) is 9.96. The Hall–Kier alpha value is -2.04. The molecule has 0 spiro atoms. The van der Waals surface area contributed by atoms with Crippen LogP contribution in [0.1, 0.15) is 52.0 Å². The van der Waals surface area contributed by atoms with E-state index in [9.17, 15) is 9.59 Å². The fourth-order valence-corrected chi connectivity index (χ4v) is 2.52. The maximum atomic E-state index is 11.4. The fraction of sp³-hybridized carbons (Fsp3) is 0.579. The molecule has 0 heterocycles. The maximum absolute atomic E-state index is 11.4. The SMILES string of the molecule is CC(C)(C)OC(=O)Cc1ccccc1.NC(=O)OCC1CCCC1. The van der Waals surface area contributed by atoms with Gasteiger partial charge in [-0.15, -0.1) is 0 Å². The summed E-state index contributed by atoms with van der Waals surface area (Å²) >= 11 is 0. The minimum absolute atomic E-state index is 0.177. The minimum atomic E-state index is -0.646. The molecule has 134 valence electrons. The predicted octanol–water partition coefficient (Wildman–Crippen LogP) is 3.84. The van der Waals surface area contributed by atoms with Gasteiger partial charge in [-0.25, -0.2) is 4.79 Å². The fourth-order valence-electron chi connectivity index (χ4n) is 2.52. The number of nitrogens with two attached hydrogens (primary N) is 1. The van der Waals surface area contributed by atoms with Crippen molar-refractivity contribution in [2.24, 2.45) is 11.7 Å². The van der Waals surface area contributed by atoms with Crippen LogP contribution < -0.4 is 5.73 Å². The summed E-state index contributed by atoms with van der Waals surface area (Å²) in [6, 6.07) is 9.60. The highest BCUT2D eigenvalue weighted by molar-refractivity contribution is 5.72. The van der Waals surface area contributed by atoms with Gasteiger partial charge >= 0.3 is 12.1 Å². The van der Waals surface area contributed by atoms with Crippen LogP contribution in [0, 0.1) is 5.92 Å². The number of primary amides is 1. The number of amides is 1. The lowest BCUT2D eigenvalue weighted by molar-refractivity contribution is -0.153. The van der Waals surface area contributed by atoms with Crippen molar-refractivity contribution in [2.45, 2.75) is 58.5 Å². The molecule has 1 saturated carbocycles. The van der Waals surface area contributed by atoms with E-state index in [4.69, 9.17) is 10.5 Å². The number of hydrogen-bond acceptors (Lipinski definition) is 4. The number of hydrogen-bond donors (Lipinski definition) is 1. The standard InChI is InChI=1S/C12H16O2.C7H13NO2/c1-12(2,3)14-11(13)9-10-7-5-4-6-8-10;8-7(9)10-5-6-3-1-2-4-6/h4-8H,9H2,1-3H3;6H,1-5H2,(H2,8,9). The van der Waals surface area contributed by atoms with E-state index >= 15 is 0 Å². The summed E-state index contributed by atoms with van der Waals surface area (Å²) in [7, 11) is 0. The average Bonchev–Trinajstić information content (AvgIpc) is 2.98. The van der Waals surface area contributed by atoms with Crippen LogP contribution in [-0.2, 0) is 20.7 Å². The van der Waals surface area contributed by atoms with E-state index in [0.29, 0.717) is 18.9 Å². The molecule has 1 amide bonds. The van der Waals surface area contributed by atoms with Crippen LogP contribution in [0.4, 0.5) is 4.79 Å². The first-order chi connectivity index (χ1) is 11.3. The van der Waals surface area contributed by atoms with Gasteiger partial charge in [-0.2, -0.15) is 0 Å². The molecule has 24 heavy (non-hydrogen) atoms. The number of esters is 1. The molecule has 1 aromatic rings. The number of ether oxygens (including phenoxy) is 2. The quantitative estimate of drug-likeness (QED) is 0.848. The smallest absolute Gasteiger partial charge is 0.404 e. The van der Waals surface area contributed by atoms with E-state index in [1.165, 1.54) is 25.7 Å². The lowest BCUT2D eigenvalue weighted by Gasteiger charge is -2.19. The van der Waals surface area contributed by atoms with Crippen molar-refractivity contribution >= 4 is 12.1 Å². The van der Waals surface area contributed by atoms with Gasteiger partial charge in [0, 0.05) is 0 Å². The predicted molar refractivity (Wildman–Crippen MR) is 93.5 cm³/mol. The summed E-state index contributed by atoms with van der Waals surface area (Å²) in [5, 5.41) is 0. The van der Waals surface area contributed by atoms with E-state index < -0.39 is 11.7 Å². The largest absolute Gasteiger partial charge is 0.460 e. The molecule has 1 aliphatic carbocycles. The minimum Gasteiger partial charge on any atom is -0.460 e. The van der Waals surface area contributed by atoms with Crippen molar-refractivity contribution in [3.63, 3.8) is 0 Å². The van der Waals surface area contributed by atoms with Gasteiger partial charge in [0.15, 0.2) is 0 Å². The summed E-state index contributed by atoms with van der Waals surface area (Å²) in [4.78, 5) is 21.6. The molecule has 5 heteroatoms. The molecular weight excluding hydrogens is 306 g/mol. The van der Waals surface area contributed by atoms with Crippen molar-refractivity contribution in [2.75, 3.05) is 6.61 Å². The van der Waals surface area contributed by atoms with Crippen molar-refractivity contribution in [1.29, 1.82) is 0 Å². The zero-order valence-electron chi connectivity index (χ0n) is 14.9. The van der Waals surface area contributed by atoms with Crippen LogP contribution in [0.15, 0.2) is 30.3 Å². The molecule has 1 aliphatic rings. The van der Waals surface area contributed by atoms with Crippen LogP contribution in [0.2, 0.25) is 0 Å². The Bertz CT molecular complexity index is 502. The van der Waals surface area contributed by atoms with Gasteiger partial charge in [-0.3, -0.25) is 4.79 Å². The summed E-state index contributed by atoms with van der Waals surface area (Å²) in [6.07, 6.45) is 4.62. The molecule has 0 unspecified atom stereocenters. The molecule has 1 fully saturated rings. The number of carbonyl (C=O) groups excluding carboxylic acids is 2. The third-order valence-corrected chi connectivity index (χ3v) is 3.55. The van der Waals surface area contributed by atoms with Crippen molar-refractivity contribution in [1.82, 2.24) is 0 Å². The average molecular weight is 335 g/mol. The molecule has 0 radical (unpaired) electrons. The van der Waals surface area contributed by atoms with E-state index in [0.717, 1.165) is 5.56 Å². The monoisotopic (exact) mass is 335 g/mol. The van der Waals surface area contributed by atoms with Crippen LogP contribution in [0.5, 0.6) is 0 Å². The van der Waals surface area contributed by atoms with Gasteiger partial charge in [0.2, 0.25) is 0 Å². The van der Waals surface area contributed by atoms with Crippen molar-refractivity contribution in [3.05, 3.63) is 35.9 Å². The summed E-state index contributed by atoms with van der Waals surface area (Å²) in [6.45, 7) is 6.14. The Labute approximate surface area is 144 Å². The molecule has 0 aromatic heterocycles. The van der Waals surface area contributed by atoms with Crippen molar-refractivity contribution in [3.8, 4) is 0 Å². The van der Waals surface area contributed by atoms with E-state index in [1.54, 1.807) is 0 Å². The third kappa shape index (κ3) is 9.87. The summed E-state index contributed by atoms with van der Waals surface area (Å²) in [5.74, 6) is 0.399. The molecule has 0 bridgehead atoms. The molecule has 0 aliphatic heterocycles. The summed E-state index contributed by atoms with van der Waals surface area (Å²) in [5.41, 5.74) is 5.40. The van der Waals surface area contributed by atoms with E-state index in [1.807, 2.05) is 51.1 Å². The van der Waals surface area contributed by atoms with Crippen molar-refractivity contribution < 1.29 is 19.1 Å². The Balaban J connectivity index is 0.000000254. The topological polar surface area (TPSA) is 78.6 Å². The van der Waals surface area contributed by atoms with Crippen LogP contribution in [-0.4, -0.2) is 24.3 Å². The zero-order valence-corrected chi connectivity index (χ0v) is 14.9. The molecule has 1 aromatic carbocycles. The third-order valence-electron chi connectivity index (χ3n) is 3.55. The van der Waals surface area contributed by atoms with Crippen LogP contribution in [0.25, 0.3) is 0 Å². The zero-order chi connectivity index (χ0) is 18.0. The van der Waals surface area contributed by atoms with Gasteiger partial charge < -0.3 is 15.2 Å². The first-order valence-electron chi connectivity index (χ1n) is 8.44. The Morgan fingerprint density at radius 2 is 1.71 bits per heavy atom. The molecule has 5 nitrogen and oxygen atoms in total. The van der Waals surface area contributed by atoms with Gasteiger partial charge in [0.25, 0.3) is 0 Å². The lowest BCUT2D eigenvalue weighted by atomic mass is 10.1. The number of rotatable bonds is 4. The lowest BCUT2D eigenvalue weighted by Crippen LogP contribution is -2.24. The Morgan fingerprint density at radius 3 is 2.21 bits per heavy atom. The first kappa shape index (κ1) is 20.0. The second-order valence-corrected chi connectivity index (χ2v) is 7.03. The Morgan fingerprint density at radius 1 is 1.12 bits per heavy atom. The van der Waals surface area contributed by atoms with Gasteiger partial charge in [-0.05, 0) is 45.1 Å². The maximum Gasteiger partial charge on any atom is 0.404 e. The number of carbonyl (C=O) groups is 2. The van der Waals surface area contributed by atoms with Crippen LogP contribution in [0.3, 0.4) is 0 Å². The molecular formula is C19H29NO4. The Kier molecular flexibility index (Phi) is 8.30. The van der Waals surface area contributed by atoms with Gasteiger partial charge in [0.05, 0.1) is 13.0 Å². The first-order valence-corrected chi connectivity index (χ1v) is 8.44. The van der Waals surface area contributed by atoms with Gasteiger partial charge in [-0.1, -0.05) is 43.2 Å². The molecule has 2 N–H and O–H groups in total.